The summed E-state index contributed by atoms with van der Waals surface area (Å²) in [6, 6.07) is 12.1. The molecule has 0 spiro atoms. The second-order valence-corrected chi connectivity index (χ2v) is 4.83. The highest BCUT2D eigenvalue weighted by Crippen LogP contribution is 2.33. The van der Waals surface area contributed by atoms with Crippen LogP contribution in [-0.2, 0) is 11.2 Å². The maximum absolute atomic E-state index is 12.0. The topological polar surface area (TPSA) is 67.8 Å². The van der Waals surface area contributed by atoms with E-state index in [2.05, 4.69) is 5.32 Å². The number of amides is 1. The van der Waals surface area contributed by atoms with Gasteiger partial charge in [-0.3, -0.25) is 4.79 Å². The fourth-order valence-electron chi connectivity index (χ4n) is 2.24. The van der Waals surface area contributed by atoms with Crippen LogP contribution < -0.4 is 14.8 Å². The minimum atomic E-state index is -0.618. The first kappa shape index (κ1) is 13.3. The van der Waals surface area contributed by atoms with Crippen molar-refractivity contribution in [2.75, 3.05) is 12.4 Å². The molecule has 5 heteroatoms. The summed E-state index contributed by atoms with van der Waals surface area (Å²) in [6.07, 6.45) is -0.169. The van der Waals surface area contributed by atoms with Gasteiger partial charge in [-0.2, -0.15) is 0 Å². The molecular formula is C16H15NO4. The van der Waals surface area contributed by atoms with Crippen LogP contribution in [0.4, 0.5) is 5.69 Å². The number of phenolic OH excluding ortho intramolecular Hbond substituents is 1. The van der Waals surface area contributed by atoms with Gasteiger partial charge in [0.15, 0.2) is 6.10 Å². The van der Waals surface area contributed by atoms with Gasteiger partial charge in [-0.05, 0) is 29.8 Å². The third-order valence-electron chi connectivity index (χ3n) is 3.36. The normalized spacial score (nSPS) is 16.6. The average Bonchev–Trinajstić information content (AvgIpc) is 2.49. The Kier molecular flexibility index (Phi) is 3.39. The van der Waals surface area contributed by atoms with Crippen molar-refractivity contribution in [1.82, 2.24) is 0 Å². The standard InChI is InChI=1S/C16H15NO4/c1-20-12-5-2-10(3-6-12)8-15-16(19)17-13-7-4-11(18)9-14(13)21-15/h2-7,9,15,18H,8H2,1H3,(H,17,19). The molecule has 1 heterocycles. The zero-order valence-corrected chi connectivity index (χ0v) is 11.5. The van der Waals surface area contributed by atoms with Crippen LogP contribution in [0.25, 0.3) is 0 Å². The molecule has 108 valence electrons. The molecular weight excluding hydrogens is 270 g/mol. The van der Waals surface area contributed by atoms with Crippen LogP contribution in [0.3, 0.4) is 0 Å². The predicted octanol–water partition coefficient (Wildman–Crippen LogP) is 2.34. The van der Waals surface area contributed by atoms with Crippen molar-refractivity contribution >= 4 is 11.6 Å². The summed E-state index contributed by atoms with van der Waals surface area (Å²) in [4.78, 5) is 12.0. The molecule has 21 heavy (non-hydrogen) atoms. The number of nitrogens with one attached hydrogen (secondary N) is 1. The van der Waals surface area contributed by atoms with Crippen molar-refractivity contribution in [1.29, 1.82) is 0 Å². The average molecular weight is 285 g/mol. The number of aromatic hydroxyl groups is 1. The number of phenols is 1. The summed E-state index contributed by atoms with van der Waals surface area (Å²) in [5, 5.41) is 12.3. The van der Waals surface area contributed by atoms with Crippen LogP contribution in [-0.4, -0.2) is 24.2 Å². The number of benzene rings is 2. The maximum Gasteiger partial charge on any atom is 0.265 e. The molecule has 0 aromatic heterocycles. The maximum atomic E-state index is 12.0. The van der Waals surface area contributed by atoms with Crippen LogP contribution in [0.2, 0.25) is 0 Å². The van der Waals surface area contributed by atoms with E-state index in [1.807, 2.05) is 24.3 Å². The summed E-state index contributed by atoms with van der Waals surface area (Å²) in [5.74, 6) is 1.16. The highest BCUT2D eigenvalue weighted by Gasteiger charge is 2.27. The van der Waals surface area contributed by atoms with Crippen molar-refractivity contribution in [3.05, 3.63) is 48.0 Å². The minimum absolute atomic E-state index is 0.105. The van der Waals surface area contributed by atoms with Crippen LogP contribution >= 0.6 is 0 Å². The molecule has 0 saturated heterocycles. The van der Waals surface area contributed by atoms with Gasteiger partial charge < -0.3 is 19.9 Å². The van der Waals surface area contributed by atoms with Gasteiger partial charge in [0.2, 0.25) is 0 Å². The van der Waals surface area contributed by atoms with E-state index in [1.165, 1.54) is 12.1 Å². The van der Waals surface area contributed by atoms with E-state index >= 15 is 0 Å². The molecule has 1 aliphatic heterocycles. The van der Waals surface area contributed by atoms with E-state index in [-0.39, 0.29) is 11.7 Å². The number of hydrogen-bond acceptors (Lipinski definition) is 4. The summed E-state index contributed by atoms with van der Waals surface area (Å²) >= 11 is 0. The number of anilines is 1. The molecule has 0 aliphatic carbocycles. The number of methoxy groups -OCH3 is 1. The SMILES string of the molecule is COc1ccc(CC2Oc3cc(O)ccc3NC2=O)cc1. The lowest BCUT2D eigenvalue weighted by molar-refractivity contribution is -0.123. The van der Waals surface area contributed by atoms with E-state index in [0.29, 0.717) is 17.9 Å². The van der Waals surface area contributed by atoms with Crippen LogP contribution in [0, 0.1) is 0 Å². The molecule has 0 saturated carbocycles. The Morgan fingerprint density at radius 2 is 2.00 bits per heavy atom. The van der Waals surface area contributed by atoms with Crippen molar-refractivity contribution < 1.29 is 19.4 Å². The number of rotatable bonds is 3. The van der Waals surface area contributed by atoms with E-state index in [1.54, 1.807) is 13.2 Å². The zero-order valence-electron chi connectivity index (χ0n) is 11.5. The van der Waals surface area contributed by atoms with Crippen LogP contribution in [0.15, 0.2) is 42.5 Å². The zero-order chi connectivity index (χ0) is 14.8. The van der Waals surface area contributed by atoms with Gasteiger partial charge in [-0.25, -0.2) is 0 Å². The molecule has 2 aromatic rings. The van der Waals surface area contributed by atoms with Crippen molar-refractivity contribution in [2.24, 2.45) is 0 Å². The third kappa shape index (κ3) is 2.76. The molecule has 0 fully saturated rings. The lowest BCUT2D eigenvalue weighted by Crippen LogP contribution is -2.38. The monoisotopic (exact) mass is 285 g/mol. The first-order valence-electron chi connectivity index (χ1n) is 6.59. The molecule has 3 rings (SSSR count). The van der Waals surface area contributed by atoms with Gasteiger partial charge in [0.25, 0.3) is 5.91 Å². The van der Waals surface area contributed by atoms with Gasteiger partial charge in [0, 0.05) is 12.5 Å². The van der Waals surface area contributed by atoms with Crippen molar-refractivity contribution in [3.63, 3.8) is 0 Å². The van der Waals surface area contributed by atoms with Crippen molar-refractivity contribution in [2.45, 2.75) is 12.5 Å². The summed E-state index contributed by atoms with van der Waals surface area (Å²) < 4.78 is 10.8. The second kappa shape index (κ2) is 5.36. The molecule has 0 bridgehead atoms. The molecule has 0 radical (unpaired) electrons. The Labute approximate surface area is 122 Å². The van der Waals surface area contributed by atoms with Gasteiger partial charge in [0.05, 0.1) is 12.8 Å². The van der Waals surface area contributed by atoms with Gasteiger partial charge in [0.1, 0.15) is 17.2 Å². The van der Waals surface area contributed by atoms with E-state index in [9.17, 15) is 9.90 Å². The second-order valence-electron chi connectivity index (χ2n) is 4.83. The first-order chi connectivity index (χ1) is 10.2. The molecule has 2 aromatic carbocycles. The van der Waals surface area contributed by atoms with E-state index in [4.69, 9.17) is 9.47 Å². The lowest BCUT2D eigenvalue weighted by atomic mass is 10.1. The molecule has 5 nitrogen and oxygen atoms in total. The summed E-state index contributed by atoms with van der Waals surface area (Å²) in [6.45, 7) is 0. The molecule has 1 aliphatic rings. The van der Waals surface area contributed by atoms with E-state index in [0.717, 1.165) is 11.3 Å². The lowest BCUT2D eigenvalue weighted by Gasteiger charge is -2.26. The van der Waals surface area contributed by atoms with Crippen molar-refractivity contribution in [3.8, 4) is 17.2 Å². The number of ether oxygens (including phenoxy) is 2. The molecule has 1 atom stereocenters. The van der Waals surface area contributed by atoms with Crippen LogP contribution in [0.5, 0.6) is 17.2 Å². The molecule has 1 amide bonds. The first-order valence-corrected chi connectivity index (χ1v) is 6.59. The van der Waals surface area contributed by atoms with E-state index < -0.39 is 6.10 Å². The predicted molar refractivity (Wildman–Crippen MR) is 77.9 cm³/mol. The Morgan fingerprint density at radius 3 is 2.71 bits per heavy atom. The highest BCUT2D eigenvalue weighted by atomic mass is 16.5. The number of fused-ring (bicyclic) bond motifs is 1. The van der Waals surface area contributed by atoms with Gasteiger partial charge >= 0.3 is 0 Å². The number of hydrogen-bond donors (Lipinski definition) is 2. The minimum Gasteiger partial charge on any atom is -0.508 e. The fraction of sp³-hybridized carbons (Fsp3) is 0.188. The molecule has 2 N–H and O–H groups in total. The quantitative estimate of drug-likeness (QED) is 0.849. The van der Waals surface area contributed by atoms with Gasteiger partial charge in [-0.15, -0.1) is 0 Å². The Hall–Kier alpha value is -2.69. The summed E-state index contributed by atoms with van der Waals surface area (Å²) in [7, 11) is 1.61. The molecule has 1 unspecified atom stereocenters. The van der Waals surface area contributed by atoms with Crippen LogP contribution in [0.1, 0.15) is 5.56 Å². The number of carbonyl (C=O) groups excluding carboxylic acids is 1. The third-order valence-corrected chi connectivity index (χ3v) is 3.36. The Bertz CT molecular complexity index is 666. The fourth-order valence-corrected chi connectivity index (χ4v) is 2.24. The summed E-state index contributed by atoms with van der Waals surface area (Å²) in [5.41, 5.74) is 1.54. The van der Waals surface area contributed by atoms with Gasteiger partial charge in [-0.1, -0.05) is 12.1 Å². The smallest absolute Gasteiger partial charge is 0.265 e. The number of carbonyl (C=O) groups is 1. The Morgan fingerprint density at radius 1 is 1.24 bits per heavy atom. The largest absolute Gasteiger partial charge is 0.508 e. The highest BCUT2D eigenvalue weighted by molar-refractivity contribution is 5.98. The Balaban J connectivity index is 1.78.